The molecular weight excluding hydrogens is 366 g/mol. The molecule has 4 heteroatoms. The highest BCUT2D eigenvalue weighted by molar-refractivity contribution is 9.09. The second-order valence-corrected chi connectivity index (χ2v) is 6.20. The summed E-state index contributed by atoms with van der Waals surface area (Å²) in [7, 11) is 0. The Morgan fingerprint density at radius 2 is 1.67 bits per heavy atom. The van der Waals surface area contributed by atoms with Gasteiger partial charge in [0.25, 0.3) is 0 Å². The molecule has 0 bridgehead atoms. The number of aromatic nitrogens is 1. The molecule has 3 aromatic rings. The topological polar surface area (TPSA) is 39.2 Å². The van der Waals surface area contributed by atoms with Crippen LogP contribution >= 0.6 is 15.9 Å². The minimum atomic E-state index is -0.421. The van der Waals surface area contributed by atoms with Crippen LogP contribution in [-0.2, 0) is 6.61 Å². The quantitative estimate of drug-likeness (QED) is 0.446. The van der Waals surface area contributed by atoms with Crippen molar-refractivity contribution in [2.75, 3.05) is 0 Å². The lowest BCUT2D eigenvalue weighted by Gasteiger charge is -2.11. The first-order valence-corrected chi connectivity index (χ1v) is 8.51. The van der Waals surface area contributed by atoms with Crippen LogP contribution in [0.3, 0.4) is 0 Å². The maximum atomic E-state index is 12.4. The number of alkyl halides is 1. The highest BCUT2D eigenvalue weighted by Gasteiger charge is 2.19. The number of benzene rings is 2. The van der Waals surface area contributed by atoms with E-state index in [2.05, 4.69) is 20.9 Å². The van der Waals surface area contributed by atoms with Crippen LogP contribution in [0.1, 0.15) is 26.4 Å². The largest absolute Gasteiger partial charge is 0.489 e. The Bertz CT molecular complexity index is 789. The average molecular weight is 382 g/mol. The van der Waals surface area contributed by atoms with Gasteiger partial charge in [-0.2, -0.15) is 0 Å². The normalized spacial score (nSPS) is 11.7. The number of hydrogen-bond donors (Lipinski definition) is 0. The summed E-state index contributed by atoms with van der Waals surface area (Å²) in [5.74, 6) is 0.709. The molecule has 0 N–H and O–H groups in total. The third-order valence-electron chi connectivity index (χ3n) is 3.57. The smallest absolute Gasteiger partial charge is 0.199 e. The van der Waals surface area contributed by atoms with Crippen molar-refractivity contribution in [2.45, 2.75) is 11.4 Å². The van der Waals surface area contributed by atoms with Crippen LogP contribution in [0.5, 0.6) is 5.75 Å². The zero-order valence-electron chi connectivity index (χ0n) is 12.9. The Morgan fingerprint density at radius 3 is 2.33 bits per heavy atom. The predicted molar refractivity (Wildman–Crippen MR) is 97.5 cm³/mol. The molecule has 0 aliphatic carbocycles. The summed E-state index contributed by atoms with van der Waals surface area (Å²) in [6.07, 6.45) is 1.62. The number of rotatable bonds is 6. The van der Waals surface area contributed by atoms with Crippen molar-refractivity contribution in [3.05, 3.63) is 95.8 Å². The minimum absolute atomic E-state index is 0.0615. The Labute approximate surface area is 149 Å². The fourth-order valence-corrected chi connectivity index (χ4v) is 2.80. The molecule has 0 saturated carbocycles. The second kappa shape index (κ2) is 7.88. The van der Waals surface area contributed by atoms with E-state index in [0.717, 1.165) is 16.9 Å². The van der Waals surface area contributed by atoms with Gasteiger partial charge in [-0.25, -0.2) is 0 Å². The van der Waals surface area contributed by atoms with E-state index in [4.69, 9.17) is 4.74 Å². The number of carbonyl (C=O) groups excluding carboxylic acids is 1. The molecular formula is C20H16BrNO2. The number of ketones is 1. The van der Waals surface area contributed by atoms with Crippen LogP contribution in [0.4, 0.5) is 0 Å². The number of Topliss-reactive ketones (excluding diaryl/α,β-unsaturated/α-hetero) is 1. The third kappa shape index (κ3) is 4.09. The van der Waals surface area contributed by atoms with Gasteiger partial charge in [0, 0.05) is 6.20 Å². The van der Waals surface area contributed by atoms with Gasteiger partial charge in [0.1, 0.15) is 22.9 Å². The Morgan fingerprint density at radius 1 is 0.958 bits per heavy atom. The number of hydrogen-bond acceptors (Lipinski definition) is 3. The highest BCUT2D eigenvalue weighted by atomic mass is 79.9. The zero-order chi connectivity index (χ0) is 16.8. The monoisotopic (exact) mass is 381 g/mol. The van der Waals surface area contributed by atoms with Crippen molar-refractivity contribution in [3.63, 3.8) is 0 Å². The molecule has 1 aromatic heterocycles. The van der Waals surface area contributed by atoms with E-state index < -0.39 is 4.83 Å². The molecule has 0 amide bonds. The van der Waals surface area contributed by atoms with Crippen LogP contribution in [0.15, 0.2) is 79.0 Å². The number of ether oxygens (including phenoxy) is 1. The number of pyridine rings is 1. The lowest BCUT2D eigenvalue weighted by molar-refractivity contribution is 0.0986. The first-order valence-electron chi connectivity index (χ1n) is 7.60. The zero-order valence-corrected chi connectivity index (χ0v) is 14.5. The minimum Gasteiger partial charge on any atom is -0.489 e. The molecule has 0 aliphatic heterocycles. The predicted octanol–water partition coefficient (Wildman–Crippen LogP) is 4.98. The summed E-state index contributed by atoms with van der Waals surface area (Å²) in [5.41, 5.74) is 2.44. The van der Waals surface area contributed by atoms with Gasteiger partial charge in [-0.05, 0) is 35.4 Å². The van der Waals surface area contributed by atoms with Gasteiger partial charge < -0.3 is 4.74 Å². The van der Waals surface area contributed by atoms with Crippen molar-refractivity contribution in [3.8, 4) is 5.75 Å². The highest BCUT2D eigenvalue weighted by Crippen LogP contribution is 2.28. The van der Waals surface area contributed by atoms with Gasteiger partial charge in [0.2, 0.25) is 0 Å². The molecule has 2 aromatic carbocycles. The van der Waals surface area contributed by atoms with Crippen LogP contribution < -0.4 is 4.74 Å². The maximum absolute atomic E-state index is 12.4. The van der Waals surface area contributed by atoms with E-state index in [9.17, 15) is 4.79 Å². The first kappa shape index (κ1) is 16.4. The fraction of sp³-hybridized carbons (Fsp3) is 0.100. The van der Waals surface area contributed by atoms with Gasteiger partial charge in [-0.3, -0.25) is 9.78 Å². The summed E-state index contributed by atoms with van der Waals surface area (Å²) in [6, 6.07) is 22.8. The molecule has 0 fully saturated rings. The average Bonchev–Trinajstić information content (AvgIpc) is 2.67. The molecule has 0 spiro atoms. The van der Waals surface area contributed by atoms with Crippen molar-refractivity contribution >= 4 is 21.7 Å². The number of halogens is 1. The van der Waals surface area contributed by atoms with E-state index in [1.54, 1.807) is 24.4 Å². The SMILES string of the molecule is O=C(c1ccccn1)C(Br)c1ccc(OCc2ccccc2)cc1. The maximum Gasteiger partial charge on any atom is 0.199 e. The molecule has 3 rings (SSSR count). The summed E-state index contributed by atoms with van der Waals surface area (Å²) in [5, 5.41) is 0. The van der Waals surface area contributed by atoms with E-state index >= 15 is 0 Å². The molecule has 1 atom stereocenters. The van der Waals surface area contributed by atoms with E-state index in [-0.39, 0.29) is 5.78 Å². The Hall–Kier alpha value is -2.46. The summed E-state index contributed by atoms with van der Waals surface area (Å²) >= 11 is 3.46. The van der Waals surface area contributed by atoms with Crippen LogP contribution in [0.2, 0.25) is 0 Å². The van der Waals surface area contributed by atoms with Gasteiger partial charge >= 0.3 is 0 Å². The molecule has 0 radical (unpaired) electrons. The molecule has 0 saturated heterocycles. The van der Waals surface area contributed by atoms with Crippen molar-refractivity contribution < 1.29 is 9.53 Å². The standard InChI is InChI=1S/C20H16BrNO2/c21-19(20(23)18-8-4-5-13-22-18)16-9-11-17(12-10-16)24-14-15-6-2-1-3-7-15/h1-13,19H,14H2. The van der Waals surface area contributed by atoms with E-state index in [0.29, 0.717) is 12.3 Å². The molecule has 24 heavy (non-hydrogen) atoms. The van der Waals surface area contributed by atoms with Crippen molar-refractivity contribution in [2.24, 2.45) is 0 Å². The van der Waals surface area contributed by atoms with E-state index in [1.807, 2.05) is 54.6 Å². The lowest BCUT2D eigenvalue weighted by atomic mass is 10.1. The Kier molecular flexibility index (Phi) is 5.39. The number of nitrogens with zero attached hydrogens (tertiary/aromatic N) is 1. The van der Waals surface area contributed by atoms with Gasteiger partial charge in [-0.15, -0.1) is 0 Å². The third-order valence-corrected chi connectivity index (χ3v) is 4.51. The number of carbonyl (C=O) groups is 1. The van der Waals surface area contributed by atoms with Gasteiger partial charge in [0.15, 0.2) is 5.78 Å². The van der Waals surface area contributed by atoms with Gasteiger partial charge in [0.05, 0.1) is 0 Å². The molecule has 0 aliphatic rings. The molecule has 1 heterocycles. The van der Waals surface area contributed by atoms with Crippen LogP contribution in [0, 0.1) is 0 Å². The summed E-state index contributed by atoms with van der Waals surface area (Å²) in [4.78, 5) is 16.1. The van der Waals surface area contributed by atoms with Crippen molar-refractivity contribution in [1.82, 2.24) is 4.98 Å². The van der Waals surface area contributed by atoms with E-state index in [1.165, 1.54) is 0 Å². The Balaban J connectivity index is 1.64. The first-order chi connectivity index (χ1) is 11.7. The molecule has 120 valence electrons. The van der Waals surface area contributed by atoms with Gasteiger partial charge in [-0.1, -0.05) is 64.5 Å². The molecule has 1 unspecified atom stereocenters. The fourth-order valence-electron chi connectivity index (χ4n) is 2.26. The van der Waals surface area contributed by atoms with Crippen molar-refractivity contribution in [1.29, 1.82) is 0 Å². The van der Waals surface area contributed by atoms with Crippen LogP contribution in [-0.4, -0.2) is 10.8 Å². The summed E-state index contributed by atoms with van der Waals surface area (Å²) in [6.45, 7) is 0.519. The second-order valence-electron chi connectivity index (χ2n) is 5.29. The molecule has 3 nitrogen and oxygen atoms in total. The lowest BCUT2D eigenvalue weighted by Crippen LogP contribution is -2.08. The summed E-state index contributed by atoms with van der Waals surface area (Å²) < 4.78 is 5.76. The van der Waals surface area contributed by atoms with Crippen LogP contribution in [0.25, 0.3) is 0 Å².